The minimum Gasteiger partial charge on any atom is -0.338 e. The number of thiol groups is 1. The van der Waals surface area contributed by atoms with Crippen molar-refractivity contribution in [2.75, 3.05) is 0 Å². The molecule has 0 rings (SSSR count). The van der Waals surface area contributed by atoms with Gasteiger partial charge in [0.15, 0.2) is 0 Å². The van der Waals surface area contributed by atoms with Gasteiger partial charge in [0.25, 0.3) is 0 Å². The van der Waals surface area contributed by atoms with Crippen LogP contribution in [0.4, 0.5) is 0 Å². The Hall–Kier alpha value is 1.54. The van der Waals surface area contributed by atoms with Crippen LogP contribution in [-0.4, -0.2) is 9.79 Å². The predicted molar refractivity (Wildman–Crippen MR) is 104 cm³/mol. The molecule has 0 bridgehead atoms. The Morgan fingerprint density at radius 2 is 1.14 bits per heavy atom. The number of hydrogen-bond acceptors (Lipinski definition) is 1. The zero-order valence-electron chi connectivity index (χ0n) is 15.1. The number of rotatable bonds is 12. The normalized spacial score (nSPS) is 11.3. The van der Waals surface area contributed by atoms with E-state index >= 15 is 0 Å². The van der Waals surface area contributed by atoms with E-state index in [0.29, 0.717) is 0 Å². The van der Waals surface area contributed by atoms with E-state index in [4.69, 9.17) is 9.79 Å². The summed E-state index contributed by atoms with van der Waals surface area (Å²) in [5.74, 6) is 1.83. The van der Waals surface area contributed by atoms with Gasteiger partial charge in [-0.15, -0.1) is 0 Å². The van der Waals surface area contributed by atoms with Gasteiger partial charge in [-0.1, -0.05) is 12.2 Å². The molecule has 0 unspecified atom stereocenters. The van der Waals surface area contributed by atoms with Crippen molar-refractivity contribution in [3.8, 4) is 0 Å². The topological polar surface area (TPSA) is 40.5 Å². The molecule has 132 valence electrons. The first-order valence-electron chi connectivity index (χ1n) is 8.91. The molecule has 0 aliphatic rings. The maximum absolute atomic E-state index is 7.87. The van der Waals surface area contributed by atoms with E-state index in [1.54, 1.807) is 22.9 Å². The van der Waals surface area contributed by atoms with E-state index in [9.17, 15) is 0 Å². The first-order chi connectivity index (χ1) is 10.1. The van der Waals surface area contributed by atoms with Gasteiger partial charge in [0.1, 0.15) is 0 Å². The predicted octanol–water partition coefficient (Wildman–Crippen LogP) is 6.46. The van der Waals surface area contributed by atoms with Crippen molar-refractivity contribution in [3.63, 3.8) is 0 Å². The molecule has 22 heavy (non-hydrogen) atoms. The summed E-state index contributed by atoms with van der Waals surface area (Å²) < 4.78 is 0. The Morgan fingerprint density at radius 1 is 0.818 bits per heavy atom. The van der Waals surface area contributed by atoms with Gasteiger partial charge in [-0.3, -0.25) is 0 Å². The van der Waals surface area contributed by atoms with Crippen LogP contribution in [0.5, 0.6) is 0 Å². The summed E-state index contributed by atoms with van der Waals surface area (Å²) >= 11 is 6.98. The molecule has 0 spiro atoms. The molecule has 0 saturated carbocycles. The summed E-state index contributed by atoms with van der Waals surface area (Å²) in [5, 5.41) is 3.32. The molecule has 0 amide bonds. The molecule has 0 saturated heterocycles. The molecule has 0 aliphatic carbocycles. The van der Waals surface area contributed by atoms with Gasteiger partial charge in [0, 0.05) is 0 Å². The Bertz CT molecular complexity index is 247. The monoisotopic (exact) mass is 420 g/mol. The average molecular weight is 422 g/mol. The molecule has 0 aliphatic heterocycles. The van der Waals surface area contributed by atoms with Crippen LogP contribution in [0.1, 0.15) is 79.1 Å². The number of unbranched alkanes of at least 4 members (excludes halogenated alkanes) is 4. The second kappa shape index (κ2) is 17.4. The molecule has 0 heterocycles. The number of hydrogen-bond donors (Lipinski definition) is 3. The van der Waals surface area contributed by atoms with E-state index in [0.717, 1.165) is 11.8 Å². The molecule has 0 atom stereocenters. The summed E-state index contributed by atoms with van der Waals surface area (Å²) in [7, 11) is 0. The average Bonchev–Trinajstić information content (AvgIpc) is 2.33. The van der Waals surface area contributed by atoms with Crippen LogP contribution in [0.2, 0.25) is 10.0 Å². The van der Waals surface area contributed by atoms with Crippen LogP contribution in [0.3, 0.4) is 0 Å². The van der Waals surface area contributed by atoms with E-state index in [1.807, 2.05) is 0 Å². The Kier molecular flexibility index (Phi) is 20.4. The van der Waals surface area contributed by atoms with E-state index in [-0.39, 0.29) is 17.1 Å². The molecule has 6 heteroatoms. The van der Waals surface area contributed by atoms with Gasteiger partial charge in [0.2, 0.25) is 5.69 Å². The second-order valence-corrected chi connectivity index (χ2v) is 16.6. The Labute approximate surface area is 157 Å². The van der Waals surface area contributed by atoms with Gasteiger partial charge < -0.3 is 9.79 Å². The summed E-state index contributed by atoms with van der Waals surface area (Å²) in [4.78, 5) is 15.7. The van der Waals surface area contributed by atoms with Crippen LogP contribution >= 0.6 is 17.9 Å². The largest absolute Gasteiger partial charge is 0.338 e. The fourth-order valence-corrected chi connectivity index (χ4v) is 6.05. The van der Waals surface area contributed by atoms with Crippen LogP contribution in [0.15, 0.2) is 0 Å². The van der Waals surface area contributed by atoms with Crippen molar-refractivity contribution in [1.29, 1.82) is 0 Å². The summed E-state index contributed by atoms with van der Waals surface area (Å²) in [5.41, 5.74) is -3.11. The fraction of sp³-hybridized carbons (Fsp3) is 1.00. The summed E-state index contributed by atoms with van der Waals surface area (Å²) in [6, 6.07) is 0. The first-order valence-corrected chi connectivity index (χ1v) is 17.0. The minimum absolute atomic E-state index is 0.0890. The van der Waals surface area contributed by atoms with E-state index in [1.165, 1.54) is 38.5 Å². The zero-order valence-corrected chi connectivity index (χ0v) is 20.7. The maximum Gasteiger partial charge on any atom is 0.239 e. The SMILES string of the molecule is CC(C)CCCC[CH2][Zn][CH2]CCCCC(C)C.OP(O)(=S)S. The van der Waals surface area contributed by atoms with Gasteiger partial charge >= 0.3 is 118 Å². The van der Waals surface area contributed by atoms with Crippen LogP contribution < -0.4 is 0 Å². The summed E-state index contributed by atoms with van der Waals surface area (Å²) in [6.07, 6.45) is 12.0. The minimum atomic E-state index is -3.11. The van der Waals surface area contributed by atoms with E-state index in [2.05, 4.69) is 51.8 Å². The maximum atomic E-state index is 7.87. The Morgan fingerprint density at radius 3 is 1.41 bits per heavy atom. The van der Waals surface area contributed by atoms with Crippen LogP contribution in [-0.2, 0) is 28.9 Å². The molecule has 0 aromatic heterocycles. The fourth-order valence-electron chi connectivity index (χ4n) is 2.34. The van der Waals surface area contributed by atoms with Crippen molar-refractivity contribution < 1.29 is 26.9 Å². The molecular weight excluding hydrogens is 385 g/mol. The zero-order chi connectivity index (χ0) is 17.4. The third kappa shape index (κ3) is 37.6. The molecule has 0 fully saturated rings. The summed E-state index contributed by atoms with van der Waals surface area (Å²) in [6.45, 7) is 9.37. The standard InChI is InChI=1S/2C8H17.H3O2PS2.Zn/c2*1-4-5-6-7-8(2)3;1-3(2,4)5;/h2*8H,1,4-7H2,2-3H3;(H3,1,2,4,5);. The third-order valence-electron chi connectivity index (χ3n) is 3.56. The smallest absolute Gasteiger partial charge is 0.239 e. The van der Waals surface area contributed by atoms with Gasteiger partial charge in [-0.25, -0.2) is 0 Å². The molecule has 0 aromatic carbocycles. The van der Waals surface area contributed by atoms with Crippen molar-refractivity contribution in [1.82, 2.24) is 0 Å². The quantitative estimate of drug-likeness (QED) is 0.146. The molecule has 0 aromatic rings. The van der Waals surface area contributed by atoms with Crippen molar-refractivity contribution in [2.45, 2.75) is 89.1 Å². The van der Waals surface area contributed by atoms with Crippen LogP contribution in [0.25, 0.3) is 0 Å². The van der Waals surface area contributed by atoms with Gasteiger partial charge in [0.05, 0.1) is 0 Å². The first kappa shape index (κ1) is 25.8. The molecular formula is C16H37O2PS2Zn. The van der Waals surface area contributed by atoms with Gasteiger partial charge in [-0.05, 0) is 11.8 Å². The van der Waals surface area contributed by atoms with E-state index < -0.39 is 5.69 Å². The molecule has 2 N–H and O–H groups in total. The van der Waals surface area contributed by atoms with Crippen molar-refractivity contribution in [2.24, 2.45) is 11.8 Å². The Balaban J connectivity index is 0. The van der Waals surface area contributed by atoms with Gasteiger partial charge in [-0.2, -0.15) is 0 Å². The van der Waals surface area contributed by atoms with Crippen molar-refractivity contribution >= 4 is 29.7 Å². The third-order valence-corrected chi connectivity index (χ3v) is 7.76. The molecule has 2 nitrogen and oxygen atoms in total. The van der Waals surface area contributed by atoms with Crippen molar-refractivity contribution in [3.05, 3.63) is 0 Å². The van der Waals surface area contributed by atoms with Crippen LogP contribution in [0, 0.1) is 11.8 Å². The second-order valence-electron chi connectivity index (χ2n) is 7.06. The molecule has 0 radical (unpaired) electrons.